The van der Waals surface area contributed by atoms with Crippen LogP contribution in [0.1, 0.15) is 38.3 Å². The Kier molecular flexibility index (Phi) is 3.67. The van der Waals surface area contributed by atoms with E-state index in [9.17, 15) is 0 Å². The van der Waals surface area contributed by atoms with Crippen LogP contribution in [0.3, 0.4) is 0 Å². The molecule has 3 heteroatoms. The van der Waals surface area contributed by atoms with Gasteiger partial charge in [-0.25, -0.2) is 9.97 Å². The Labute approximate surface area is 91.3 Å². The standard InChI is InChI=1S/C12H19N3/c1-2-10-3-4-11(7-10)14-8-12-5-6-13-9-15-12/h5-6,9-11,14H,2-4,7-8H2,1H3. The summed E-state index contributed by atoms with van der Waals surface area (Å²) in [7, 11) is 0. The zero-order valence-electron chi connectivity index (χ0n) is 9.32. The van der Waals surface area contributed by atoms with Gasteiger partial charge in [-0.15, -0.1) is 0 Å². The average Bonchev–Trinajstić information content (AvgIpc) is 2.76. The molecule has 0 aromatic carbocycles. The van der Waals surface area contributed by atoms with E-state index in [0.717, 1.165) is 18.2 Å². The highest BCUT2D eigenvalue weighted by Crippen LogP contribution is 2.27. The molecule has 0 aliphatic heterocycles. The number of hydrogen-bond acceptors (Lipinski definition) is 3. The molecule has 1 heterocycles. The van der Waals surface area contributed by atoms with Crippen molar-refractivity contribution in [2.75, 3.05) is 0 Å². The van der Waals surface area contributed by atoms with Crippen molar-refractivity contribution in [1.29, 1.82) is 0 Å². The molecule has 0 amide bonds. The van der Waals surface area contributed by atoms with Crippen molar-refractivity contribution in [2.45, 2.75) is 45.2 Å². The second-order valence-electron chi connectivity index (χ2n) is 4.37. The van der Waals surface area contributed by atoms with Crippen molar-refractivity contribution in [3.63, 3.8) is 0 Å². The summed E-state index contributed by atoms with van der Waals surface area (Å²) in [6.07, 6.45) is 8.78. The van der Waals surface area contributed by atoms with Gasteiger partial charge < -0.3 is 5.32 Å². The highest BCUT2D eigenvalue weighted by molar-refractivity contribution is 4.97. The molecule has 2 atom stereocenters. The molecule has 1 aromatic rings. The zero-order valence-corrected chi connectivity index (χ0v) is 9.32. The van der Waals surface area contributed by atoms with Crippen molar-refractivity contribution in [2.24, 2.45) is 5.92 Å². The Bertz CT molecular complexity index is 286. The molecule has 1 N–H and O–H groups in total. The minimum absolute atomic E-state index is 0.699. The molecule has 3 nitrogen and oxygen atoms in total. The summed E-state index contributed by atoms with van der Waals surface area (Å²) in [5, 5.41) is 3.57. The van der Waals surface area contributed by atoms with Crippen molar-refractivity contribution < 1.29 is 0 Å². The number of hydrogen-bond donors (Lipinski definition) is 1. The van der Waals surface area contributed by atoms with E-state index in [4.69, 9.17) is 0 Å². The summed E-state index contributed by atoms with van der Waals surface area (Å²) in [6, 6.07) is 2.67. The van der Waals surface area contributed by atoms with Gasteiger partial charge in [0.15, 0.2) is 0 Å². The molecule has 0 spiro atoms. The van der Waals surface area contributed by atoms with E-state index >= 15 is 0 Å². The van der Waals surface area contributed by atoms with E-state index in [2.05, 4.69) is 22.2 Å². The van der Waals surface area contributed by atoms with Crippen LogP contribution in [0.25, 0.3) is 0 Å². The van der Waals surface area contributed by atoms with E-state index < -0.39 is 0 Å². The van der Waals surface area contributed by atoms with Crippen molar-refractivity contribution >= 4 is 0 Å². The van der Waals surface area contributed by atoms with Crippen LogP contribution in [0.15, 0.2) is 18.6 Å². The van der Waals surface area contributed by atoms with Crippen LogP contribution in [0, 0.1) is 5.92 Å². The van der Waals surface area contributed by atoms with Gasteiger partial charge >= 0.3 is 0 Å². The Morgan fingerprint density at radius 2 is 2.40 bits per heavy atom. The smallest absolute Gasteiger partial charge is 0.115 e. The molecule has 0 radical (unpaired) electrons. The van der Waals surface area contributed by atoms with E-state index in [1.54, 1.807) is 12.5 Å². The third kappa shape index (κ3) is 2.99. The third-order valence-corrected chi connectivity index (χ3v) is 3.33. The van der Waals surface area contributed by atoms with Crippen LogP contribution in [-0.4, -0.2) is 16.0 Å². The summed E-state index contributed by atoms with van der Waals surface area (Å²) in [6.45, 7) is 3.17. The highest BCUT2D eigenvalue weighted by atomic mass is 14.9. The minimum atomic E-state index is 0.699. The summed E-state index contributed by atoms with van der Waals surface area (Å²) in [4.78, 5) is 8.12. The molecule has 82 valence electrons. The van der Waals surface area contributed by atoms with Crippen molar-refractivity contribution in [3.8, 4) is 0 Å². The molecule has 1 saturated carbocycles. The van der Waals surface area contributed by atoms with Crippen LogP contribution >= 0.6 is 0 Å². The maximum absolute atomic E-state index is 4.21. The van der Waals surface area contributed by atoms with E-state index in [1.807, 2.05) is 6.07 Å². The van der Waals surface area contributed by atoms with E-state index in [0.29, 0.717) is 6.04 Å². The summed E-state index contributed by atoms with van der Waals surface area (Å²) in [5.74, 6) is 0.938. The lowest BCUT2D eigenvalue weighted by Gasteiger charge is -2.11. The molecule has 1 aliphatic carbocycles. The third-order valence-electron chi connectivity index (χ3n) is 3.33. The van der Waals surface area contributed by atoms with Crippen molar-refractivity contribution in [3.05, 3.63) is 24.3 Å². The van der Waals surface area contributed by atoms with Gasteiger partial charge in [-0.3, -0.25) is 0 Å². The molecule has 15 heavy (non-hydrogen) atoms. The molecule has 2 rings (SSSR count). The number of nitrogens with one attached hydrogen (secondary N) is 1. The summed E-state index contributed by atoms with van der Waals surface area (Å²) >= 11 is 0. The zero-order chi connectivity index (χ0) is 10.5. The molecular formula is C12H19N3. The molecular weight excluding hydrogens is 186 g/mol. The maximum Gasteiger partial charge on any atom is 0.115 e. The maximum atomic E-state index is 4.21. The van der Waals surface area contributed by atoms with Crippen LogP contribution in [0.4, 0.5) is 0 Å². The lowest BCUT2D eigenvalue weighted by atomic mass is 10.1. The first kappa shape index (κ1) is 10.6. The number of rotatable bonds is 4. The Morgan fingerprint density at radius 1 is 1.47 bits per heavy atom. The number of nitrogens with zero attached hydrogens (tertiary/aromatic N) is 2. The fraction of sp³-hybridized carbons (Fsp3) is 0.667. The van der Waals surface area contributed by atoms with Crippen LogP contribution in [0.5, 0.6) is 0 Å². The van der Waals surface area contributed by atoms with Crippen LogP contribution in [0.2, 0.25) is 0 Å². The molecule has 2 unspecified atom stereocenters. The summed E-state index contributed by atoms with van der Waals surface area (Å²) in [5.41, 5.74) is 1.09. The van der Waals surface area contributed by atoms with E-state index in [-0.39, 0.29) is 0 Å². The molecule has 1 fully saturated rings. The lowest BCUT2D eigenvalue weighted by Crippen LogP contribution is -2.26. The van der Waals surface area contributed by atoms with Gasteiger partial charge in [0.2, 0.25) is 0 Å². The van der Waals surface area contributed by atoms with Gasteiger partial charge in [0.1, 0.15) is 6.33 Å². The Balaban J connectivity index is 1.75. The van der Waals surface area contributed by atoms with Crippen LogP contribution < -0.4 is 5.32 Å². The first-order valence-electron chi connectivity index (χ1n) is 5.86. The second-order valence-corrected chi connectivity index (χ2v) is 4.37. The Morgan fingerprint density at radius 3 is 3.07 bits per heavy atom. The SMILES string of the molecule is CCC1CCC(NCc2ccncn2)C1. The largest absolute Gasteiger partial charge is 0.308 e. The predicted molar refractivity (Wildman–Crippen MR) is 60.3 cm³/mol. The van der Waals surface area contributed by atoms with Gasteiger partial charge in [-0.1, -0.05) is 13.3 Å². The molecule has 0 bridgehead atoms. The van der Waals surface area contributed by atoms with Gasteiger partial charge in [0.05, 0.1) is 5.69 Å². The number of aromatic nitrogens is 2. The Hall–Kier alpha value is -0.960. The van der Waals surface area contributed by atoms with Crippen LogP contribution in [-0.2, 0) is 6.54 Å². The lowest BCUT2D eigenvalue weighted by molar-refractivity contribution is 0.474. The molecule has 1 aromatic heterocycles. The topological polar surface area (TPSA) is 37.8 Å². The molecule has 1 aliphatic rings. The van der Waals surface area contributed by atoms with Gasteiger partial charge in [-0.2, -0.15) is 0 Å². The minimum Gasteiger partial charge on any atom is -0.308 e. The second kappa shape index (κ2) is 5.21. The first-order valence-corrected chi connectivity index (χ1v) is 5.86. The quantitative estimate of drug-likeness (QED) is 0.818. The van der Waals surface area contributed by atoms with Gasteiger partial charge in [-0.05, 0) is 31.2 Å². The predicted octanol–water partition coefficient (Wildman–Crippen LogP) is 2.14. The summed E-state index contributed by atoms with van der Waals surface area (Å²) < 4.78 is 0. The van der Waals surface area contributed by atoms with Crippen molar-refractivity contribution in [1.82, 2.24) is 15.3 Å². The van der Waals surface area contributed by atoms with E-state index in [1.165, 1.54) is 25.7 Å². The normalized spacial score (nSPS) is 25.7. The first-order chi connectivity index (χ1) is 7.38. The average molecular weight is 205 g/mol. The van der Waals surface area contributed by atoms with Gasteiger partial charge in [0.25, 0.3) is 0 Å². The van der Waals surface area contributed by atoms with Gasteiger partial charge in [0, 0.05) is 18.8 Å². The fourth-order valence-electron chi connectivity index (χ4n) is 2.30. The fourth-order valence-corrected chi connectivity index (χ4v) is 2.30. The highest BCUT2D eigenvalue weighted by Gasteiger charge is 2.22. The molecule has 0 saturated heterocycles. The monoisotopic (exact) mass is 205 g/mol.